The van der Waals surface area contributed by atoms with Gasteiger partial charge in [-0.15, -0.1) is 0 Å². The van der Waals surface area contributed by atoms with Crippen LogP contribution < -0.4 is 5.56 Å². The number of hydrogen-bond acceptors (Lipinski definition) is 3. The summed E-state index contributed by atoms with van der Waals surface area (Å²) < 4.78 is 16.3. The summed E-state index contributed by atoms with van der Waals surface area (Å²) in [6.07, 6.45) is 0.931. The number of benzene rings is 1. The third kappa shape index (κ3) is 3.60. The van der Waals surface area contributed by atoms with Crippen molar-refractivity contribution in [1.82, 2.24) is 14.4 Å². The molecule has 1 aromatic carbocycles. The number of pyridine rings is 1. The Morgan fingerprint density at radius 3 is 2.69 bits per heavy atom. The number of fused-ring (bicyclic) bond motifs is 4. The fourth-order valence-corrected chi connectivity index (χ4v) is 4.86. The molecule has 7 heteroatoms. The lowest BCUT2D eigenvalue weighted by Gasteiger charge is -2.43. The van der Waals surface area contributed by atoms with Crippen molar-refractivity contribution in [3.05, 3.63) is 67.8 Å². The lowest BCUT2D eigenvalue weighted by Crippen LogP contribution is -2.49. The Labute approximate surface area is 174 Å². The topological polar surface area (TPSA) is 45.6 Å². The molecule has 29 heavy (non-hydrogen) atoms. The molecule has 0 spiro atoms. The number of carbonyl (C=O) groups is 1. The zero-order chi connectivity index (χ0) is 20.9. The van der Waals surface area contributed by atoms with Gasteiger partial charge in [-0.2, -0.15) is 0 Å². The quantitative estimate of drug-likeness (QED) is 0.770. The summed E-state index contributed by atoms with van der Waals surface area (Å²) in [5.41, 5.74) is 2.42. The highest BCUT2D eigenvalue weighted by Gasteiger charge is 2.38. The number of aryl methyl sites for hydroxylation is 1. The van der Waals surface area contributed by atoms with Crippen LogP contribution in [0, 0.1) is 18.7 Å². The molecule has 2 aliphatic rings. The van der Waals surface area contributed by atoms with Gasteiger partial charge in [-0.3, -0.25) is 9.59 Å². The van der Waals surface area contributed by atoms with E-state index < -0.39 is 5.82 Å². The number of amides is 1. The minimum atomic E-state index is -0.591. The number of hydrogen-bond donors (Lipinski definition) is 0. The van der Waals surface area contributed by atoms with Crippen molar-refractivity contribution in [1.29, 1.82) is 0 Å². The van der Waals surface area contributed by atoms with Crippen molar-refractivity contribution in [3.8, 4) is 0 Å². The monoisotopic (exact) mass is 417 g/mol. The average Bonchev–Trinajstić information content (AvgIpc) is 2.67. The molecule has 0 N–H and O–H groups in total. The molecule has 2 aliphatic heterocycles. The molecule has 0 unspecified atom stereocenters. The fourth-order valence-electron chi connectivity index (χ4n) is 4.63. The molecule has 2 atom stereocenters. The van der Waals surface area contributed by atoms with Gasteiger partial charge in [0.05, 0.1) is 10.6 Å². The summed E-state index contributed by atoms with van der Waals surface area (Å²) in [6.45, 7) is 3.91. The van der Waals surface area contributed by atoms with Gasteiger partial charge in [0.2, 0.25) is 0 Å². The summed E-state index contributed by atoms with van der Waals surface area (Å²) in [7, 11) is 3.88. The second-order valence-electron chi connectivity index (χ2n) is 8.50. The molecular weight excluding hydrogens is 393 g/mol. The van der Waals surface area contributed by atoms with Gasteiger partial charge in [0, 0.05) is 43.4 Å². The number of nitrogens with zero attached hydrogens (tertiary/aromatic N) is 3. The molecule has 1 fully saturated rings. The average molecular weight is 418 g/mol. The van der Waals surface area contributed by atoms with Crippen molar-refractivity contribution in [2.24, 2.45) is 5.92 Å². The predicted molar refractivity (Wildman–Crippen MR) is 111 cm³/mol. The fraction of sp³-hybridized carbons (Fsp3) is 0.455. The first kappa shape index (κ1) is 20.1. The van der Waals surface area contributed by atoms with Crippen molar-refractivity contribution in [3.63, 3.8) is 0 Å². The number of halogens is 2. The van der Waals surface area contributed by atoms with Crippen LogP contribution in [0.1, 0.15) is 39.5 Å². The van der Waals surface area contributed by atoms with Crippen LogP contribution in [0.5, 0.6) is 0 Å². The molecule has 1 amide bonds. The van der Waals surface area contributed by atoms with E-state index >= 15 is 0 Å². The molecular formula is C22H25ClFN3O2. The molecule has 0 saturated carbocycles. The van der Waals surface area contributed by atoms with Crippen molar-refractivity contribution >= 4 is 17.5 Å². The number of piperidine rings is 1. The third-order valence-electron chi connectivity index (χ3n) is 5.95. The van der Waals surface area contributed by atoms with Crippen LogP contribution >= 0.6 is 11.6 Å². The predicted octanol–water partition coefficient (Wildman–Crippen LogP) is 3.27. The summed E-state index contributed by atoms with van der Waals surface area (Å²) >= 11 is 6.26. The molecule has 0 radical (unpaired) electrons. The van der Waals surface area contributed by atoms with Gasteiger partial charge in [-0.25, -0.2) is 4.39 Å². The zero-order valence-electron chi connectivity index (χ0n) is 16.9. The van der Waals surface area contributed by atoms with Crippen LogP contribution in [0.15, 0.2) is 29.1 Å². The Morgan fingerprint density at radius 1 is 1.21 bits per heavy atom. The number of carbonyl (C=O) groups excluding carboxylic acids is 1. The highest BCUT2D eigenvalue weighted by atomic mass is 35.5. The molecule has 1 aromatic heterocycles. The lowest BCUT2D eigenvalue weighted by atomic mass is 9.82. The number of likely N-dealkylation sites (tertiary alicyclic amines) is 1. The first-order chi connectivity index (χ1) is 13.8. The number of rotatable bonds is 3. The first-order valence-corrected chi connectivity index (χ1v) is 10.2. The molecule has 1 saturated heterocycles. The van der Waals surface area contributed by atoms with Gasteiger partial charge < -0.3 is 14.4 Å². The largest absolute Gasteiger partial charge is 0.337 e. The second kappa shape index (κ2) is 7.58. The molecule has 2 bridgehead atoms. The van der Waals surface area contributed by atoms with E-state index in [1.54, 1.807) is 17.9 Å². The highest BCUT2D eigenvalue weighted by Crippen LogP contribution is 2.36. The van der Waals surface area contributed by atoms with Crippen LogP contribution in [0.4, 0.5) is 4.39 Å². The van der Waals surface area contributed by atoms with Crippen molar-refractivity contribution < 1.29 is 9.18 Å². The summed E-state index contributed by atoms with van der Waals surface area (Å²) in [6, 6.07) is 6.77. The van der Waals surface area contributed by atoms with Crippen LogP contribution in [-0.4, -0.2) is 47.5 Å². The van der Waals surface area contributed by atoms with E-state index in [1.165, 1.54) is 6.07 Å². The van der Waals surface area contributed by atoms with Gasteiger partial charge in [0.15, 0.2) is 0 Å². The standard InChI is InChI=1S/C22H25ClFN3O2/c1-13-4-6-17(24)19(20(13)23)22(29)26-9-14-8-16(12-26)18-7-5-15(11-25(2)3)21(28)27(18)10-14/h4-7,14,16H,8-12H2,1-3H3/t14-,16+/m0/s1. The first-order valence-electron chi connectivity index (χ1n) is 9.87. The Bertz CT molecular complexity index is 1030. The zero-order valence-corrected chi connectivity index (χ0v) is 17.7. The van der Waals surface area contributed by atoms with Crippen LogP contribution in [0.25, 0.3) is 0 Å². The number of aromatic nitrogens is 1. The molecule has 3 heterocycles. The summed E-state index contributed by atoms with van der Waals surface area (Å²) in [5.74, 6) is -0.722. The normalized spacial score (nSPS) is 20.7. The van der Waals surface area contributed by atoms with Crippen molar-refractivity contribution in [2.75, 3.05) is 27.2 Å². The third-order valence-corrected chi connectivity index (χ3v) is 6.44. The molecule has 4 rings (SSSR count). The van der Waals surface area contributed by atoms with E-state index in [0.29, 0.717) is 31.7 Å². The van der Waals surface area contributed by atoms with E-state index in [2.05, 4.69) is 0 Å². The van der Waals surface area contributed by atoms with E-state index in [0.717, 1.165) is 17.7 Å². The summed E-state index contributed by atoms with van der Waals surface area (Å²) in [5, 5.41) is 0.177. The summed E-state index contributed by atoms with van der Waals surface area (Å²) in [4.78, 5) is 29.7. The Kier molecular flexibility index (Phi) is 5.25. The maximum Gasteiger partial charge on any atom is 0.258 e. The van der Waals surface area contributed by atoms with Crippen LogP contribution in [-0.2, 0) is 13.1 Å². The van der Waals surface area contributed by atoms with Crippen molar-refractivity contribution in [2.45, 2.75) is 32.4 Å². The van der Waals surface area contributed by atoms with Crippen LogP contribution in [0.3, 0.4) is 0 Å². The van der Waals surface area contributed by atoms with E-state index in [4.69, 9.17) is 11.6 Å². The van der Waals surface area contributed by atoms with Crippen LogP contribution in [0.2, 0.25) is 5.02 Å². The minimum Gasteiger partial charge on any atom is -0.337 e. The molecule has 0 aliphatic carbocycles. The van der Waals surface area contributed by atoms with Gasteiger partial charge in [-0.05, 0) is 51.1 Å². The van der Waals surface area contributed by atoms with E-state index in [9.17, 15) is 14.0 Å². The molecule has 5 nitrogen and oxygen atoms in total. The molecule has 154 valence electrons. The second-order valence-corrected chi connectivity index (χ2v) is 8.88. The van der Waals surface area contributed by atoms with Gasteiger partial charge in [0.25, 0.3) is 11.5 Å². The smallest absolute Gasteiger partial charge is 0.258 e. The highest BCUT2D eigenvalue weighted by molar-refractivity contribution is 6.34. The maximum atomic E-state index is 14.4. The van der Waals surface area contributed by atoms with Gasteiger partial charge in [0.1, 0.15) is 5.82 Å². The van der Waals surface area contributed by atoms with Gasteiger partial charge >= 0.3 is 0 Å². The lowest BCUT2D eigenvalue weighted by molar-refractivity contribution is 0.0589. The minimum absolute atomic E-state index is 0.0506. The Hall–Kier alpha value is -2.18. The Balaban J connectivity index is 1.64. The van der Waals surface area contributed by atoms with E-state index in [1.807, 2.05) is 35.7 Å². The van der Waals surface area contributed by atoms with Gasteiger partial charge in [-0.1, -0.05) is 23.7 Å². The Morgan fingerprint density at radius 2 is 1.97 bits per heavy atom. The molecule has 2 aromatic rings. The SMILES string of the molecule is Cc1ccc(F)c(C(=O)N2C[C@@H]3C[C@H](C2)c2ccc(CN(C)C)c(=O)n2C3)c1Cl. The maximum absolute atomic E-state index is 14.4. The van der Waals surface area contributed by atoms with E-state index in [-0.39, 0.29) is 33.9 Å².